The molecule has 298 valence electrons. The number of aryl methyl sites for hydroxylation is 2. The van der Waals surface area contributed by atoms with Crippen LogP contribution in [0.3, 0.4) is 0 Å². The number of anilines is 3. The molecular formula is C40H42N12O6. The smallest absolute Gasteiger partial charge is 0.323 e. The molecule has 1 saturated carbocycles. The Balaban J connectivity index is 0.760. The molecule has 7 heterocycles. The molecule has 6 amide bonds. The van der Waals surface area contributed by atoms with Crippen LogP contribution in [0.15, 0.2) is 53.4 Å². The minimum absolute atomic E-state index is 0.0162. The van der Waals surface area contributed by atoms with Crippen LogP contribution in [-0.2, 0) is 27.3 Å². The Bertz CT molecular complexity index is 2450. The first-order chi connectivity index (χ1) is 28.2. The molecule has 3 aliphatic heterocycles. The van der Waals surface area contributed by atoms with Crippen LogP contribution in [0.1, 0.15) is 83.9 Å². The van der Waals surface area contributed by atoms with E-state index in [9.17, 15) is 24.0 Å². The number of carbonyl (C=O) groups is 5. The van der Waals surface area contributed by atoms with Crippen LogP contribution in [0.25, 0.3) is 17.2 Å². The van der Waals surface area contributed by atoms with E-state index in [1.165, 1.54) is 6.20 Å². The van der Waals surface area contributed by atoms with E-state index in [0.29, 0.717) is 79.4 Å². The molecule has 18 nitrogen and oxygen atoms in total. The molecule has 18 heteroatoms. The van der Waals surface area contributed by atoms with E-state index >= 15 is 0 Å². The predicted octanol–water partition coefficient (Wildman–Crippen LogP) is 3.83. The summed E-state index contributed by atoms with van der Waals surface area (Å²) in [7, 11) is 0. The van der Waals surface area contributed by atoms with E-state index in [1.807, 2.05) is 34.5 Å². The second-order valence-electron chi connectivity index (χ2n) is 15.2. The third-order valence-corrected chi connectivity index (χ3v) is 11.5. The largest absolute Gasteiger partial charge is 0.368 e. The van der Waals surface area contributed by atoms with Gasteiger partial charge in [0, 0.05) is 75.2 Å². The number of imide groups is 1. The molecule has 0 radical (unpaired) electrons. The Kier molecular flexibility index (Phi) is 9.74. The number of hydrogen-bond donors (Lipinski definition) is 3. The minimum atomic E-state index is -0.657. The number of amides is 6. The quantitative estimate of drug-likeness (QED) is 0.182. The molecule has 9 rings (SSSR count). The summed E-state index contributed by atoms with van der Waals surface area (Å²) in [6.45, 7) is 4.47. The average Bonchev–Trinajstić information content (AvgIpc) is 4.06. The Morgan fingerprint density at radius 3 is 2.59 bits per heavy atom. The molecule has 1 aromatic carbocycles. The van der Waals surface area contributed by atoms with E-state index in [1.54, 1.807) is 29.4 Å². The highest BCUT2D eigenvalue weighted by molar-refractivity contribution is 6.05. The number of urea groups is 1. The number of hydrogen-bond acceptors (Lipinski definition) is 12. The van der Waals surface area contributed by atoms with Crippen molar-refractivity contribution in [2.75, 3.05) is 41.7 Å². The van der Waals surface area contributed by atoms with Crippen LogP contribution in [0.2, 0.25) is 0 Å². The van der Waals surface area contributed by atoms with Gasteiger partial charge in [0.1, 0.15) is 11.7 Å². The molecule has 3 N–H and O–H groups in total. The summed E-state index contributed by atoms with van der Waals surface area (Å²) in [5, 5.41) is 16.7. The molecule has 1 atom stereocenters. The van der Waals surface area contributed by atoms with Crippen molar-refractivity contribution in [3.05, 3.63) is 77.2 Å². The third kappa shape index (κ3) is 7.20. The number of aromatic nitrogens is 6. The van der Waals surface area contributed by atoms with E-state index in [4.69, 9.17) is 4.52 Å². The van der Waals surface area contributed by atoms with E-state index in [2.05, 4.69) is 46.1 Å². The second kappa shape index (κ2) is 15.3. The lowest BCUT2D eigenvalue weighted by atomic mass is 10.0. The number of piperidine rings is 1. The summed E-state index contributed by atoms with van der Waals surface area (Å²) in [4.78, 5) is 82.5. The first-order valence-corrected chi connectivity index (χ1v) is 19.7. The first-order valence-electron chi connectivity index (χ1n) is 19.7. The lowest BCUT2D eigenvalue weighted by Gasteiger charge is -2.36. The molecule has 1 unspecified atom stereocenters. The lowest BCUT2D eigenvalue weighted by molar-refractivity contribution is -0.137. The van der Waals surface area contributed by atoms with Crippen molar-refractivity contribution in [2.45, 2.75) is 76.8 Å². The maximum atomic E-state index is 13.2. The Morgan fingerprint density at radius 2 is 1.79 bits per heavy atom. The van der Waals surface area contributed by atoms with Gasteiger partial charge in [0.2, 0.25) is 29.4 Å². The number of benzene rings is 1. The van der Waals surface area contributed by atoms with Crippen molar-refractivity contribution < 1.29 is 28.5 Å². The molecule has 2 saturated heterocycles. The molecule has 0 spiro atoms. The number of rotatable bonds is 9. The van der Waals surface area contributed by atoms with Crippen LogP contribution in [-0.4, -0.2) is 101 Å². The van der Waals surface area contributed by atoms with Gasteiger partial charge in [0.25, 0.3) is 5.91 Å². The van der Waals surface area contributed by atoms with E-state index < -0.39 is 18.0 Å². The van der Waals surface area contributed by atoms with Gasteiger partial charge in [-0.05, 0) is 61.6 Å². The molecule has 1 aliphatic carbocycles. The zero-order valence-electron chi connectivity index (χ0n) is 31.9. The van der Waals surface area contributed by atoms with Gasteiger partial charge in [0.15, 0.2) is 5.65 Å². The first kappa shape index (κ1) is 36.9. The lowest BCUT2D eigenvalue weighted by Crippen LogP contribution is -2.52. The van der Waals surface area contributed by atoms with Crippen LogP contribution in [0.4, 0.5) is 21.9 Å². The van der Waals surface area contributed by atoms with E-state index in [-0.39, 0.29) is 37.0 Å². The standard InChI is InChI=1S/C40H42N12O6/c1-23-18-26(44-40(57)45-29-21-41-31-12-13-43-52(31)36(29)24-4-2-3-5-24)20-42-35(23)37-47-33(58-48-37)10-11-34(54)50-16-14-49(15-17-50)27-6-7-28-25(19-27)22-51(39(28)56)30-8-9-32(53)46-38(30)55/h6-7,12-13,18-21,24,30H,2-5,8-11,14-17,22H2,1H3,(H2,44,45,57)(H,46,53,55). The molecular weight excluding hydrogens is 745 g/mol. The fraction of sp³-hybridized carbons (Fsp3) is 0.400. The predicted molar refractivity (Wildman–Crippen MR) is 209 cm³/mol. The van der Waals surface area contributed by atoms with Gasteiger partial charge in [-0.15, -0.1) is 0 Å². The van der Waals surface area contributed by atoms with Crippen molar-refractivity contribution in [3.63, 3.8) is 0 Å². The maximum absolute atomic E-state index is 13.2. The van der Waals surface area contributed by atoms with Crippen molar-refractivity contribution in [3.8, 4) is 11.5 Å². The van der Waals surface area contributed by atoms with Gasteiger partial charge in [-0.2, -0.15) is 10.1 Å². The summed E-state index contributed by atoms with van der Waals surface area (Å²) in [6.07, 6.45) is 10.3. The highest BCUT2D eigenvalue weighted by atomic mass is 16.5. The Labute approximate surface area is 332 Å². The number of pyridine rings is 1. The van der Waals surface area contributed by atoms with E-state index in [0.717, 1.165) is 53.8 Å². The maximum Gasteiger partial charge on any atom is 0.323 e. The SMILES string of the molecule is Cc1cc(NC(=O)Nc2cnc3ccnn3c2C2CCCC2)cnc1-c1noc(CCC(=O)N2CCN(c3ccc4c(c3)CN(C3CCC(=O)NC3=O)C4=O)CC2)n1. The summed E-state index contributed by atoms with van der Waals surface area (Å²) in [5.74, 6) is -0.0578. The van der Waals surface area contributed by atoms with Crippen molar-refractivity contribution in [1.29, 1.82) is 0 Å². The Hall–Kier alpha value is -6.72. The zero-order valence-corrected chi connectivity index (χ0v) is 31.9. The molecule has 58 heavy (non-hydrogen) atoms. The molecule has 3 fully saturated rings. The zero-order chi connectivity index (χ0) is 39.9. The normalized spacial score (nSPS) is 18.5. The van der Waals surface area contributed by atoms with Crippen molar-refractivity contribution >= 4 is 52.4 Å². The van der Waals surface area contributed by atoms with Gasteiger partial charge in [-0.1, -0.05) is 18.0 Å². The number of piperazine rings is 1. The summed E-state index contributed by atoms with van der Waals surface area (Å²) >= 11 is 0. The fourth-order valence-electron chi connectivity index (χ4n) is 8.54. The molecule has 0 bridgehead atoms. The fourth-order valence-corrected chi connectivity index (χ4v) is 8.54. The third-order valence-electron chi connectivity index (χ3n) is 11.5. The number of carbonyl (C=O) groups excluding carboxylic acids is 5. The number of nitrogens with zero attached hydrogens (tertiary/aromatic N) is 9. The topological polar surface area (TPSA) is 213 Å². The Morgan fingerprint density at radius 1 is 0.966 bits per heavy atom. The minimum Gasteiger partial charge on any atom is -0.368 e. The van der Waals surface area contributed by atoms with Crippen LogP contribution >= 0.6 is 0 Å². The molecule has 4 aliphatic rings. The summed E-state index contributed by atoms with van der Waals surface area (Å²) < 4.78 is 7.30. The van der Waals surface area contributed by atoms with Gasteiger partial charge in [-0.25, -0.2) is 14.3 Å². The van der Waals surface area contributed by atoms with Crippen molar-refractivity contribution in [1.82, 2.24) is 44.8 Å². The number of nitrogens with one attached hydrogen (secondary N) is 3. The van der Waals surface area contributed by atoms with Gasteiger partial charge < -0.3 is 29.9 Å². The van der Waals surface area contributed by atoms with Crippen LogP contribution in [0.5, 0.6) is 0 Å². The van der Waals surface area contributed by atoms with Gasteiger partial charge in [-0.3, -0.25) is 29.5 Å². The molecule has 4 aromatic heterocycles. The van der Waals surface area contributed by atoms with Crippen LogP contribution < -0.4 is 20.9 Å². The van der Waals surface area contributed by atoms with Gasteiger partial charge in [0.05, 0.1) is 35.7 Å². The summed E-state index contributed by atoms with van der Waals surface area (Å²) in [5.41, 5.74) is 6.41. The summed E-state index contributed by atoms with van der Waals surface area (Å²) in [6, 6.07) is 8.24. The van der Waals surface area contributed by atoms with Crippen LogP contribution in [0, 0.1) is 6.92 Å². The van der Waals surface area contributed by atoms with Crippen molar-refractivity contribution in [2.24, 2.45) is 0 Å². The van der Waals surface area contributed by atoms with Gasteiger partial charge >= 0.3 is 6.03 Å². The number of fused-ring (bicyclic) bond motifs is 2. The second-order valence-corrected chi connectivity index (χ2v) is 15.2. The highest BCUT2D eigenvalue weighted by Crippen LogP contribution is 2.38. The average molecular weight is 787 g/mol. The monoisotopic (exact) mass is 786 g/mol. The molecule has 5 aromatic rings. The highest BCUT2D eigenvalue weighted by Gasteiger charge is 2.39.